The van der Waals surface area contributed by atoms with Crippen molar-refractivity contribution in [2.45, 2.75) is 45.1 Å². The second-order valence-electron chi connectivity index (χ2n) is 4.69. The summed E-state index contributed by atoms with van der Waals surface area (Å²) in [7, 11) is 0. The molecule has 1 aliphatic rings. The first-order valence-corrected chi connectivity index (χ1v) is 6.29. The van der Waals surface area contributed by atoms with Crippen LogP contribution in [0.4, 0.5) is 5.82 Å². The molecule has 2 atom stereocenters. The monoisotopic (exact) mass is 222 g/mol. The zero-order chi connectivity index (χ0) is 11.5. The number of rotatable bonds is 4. The topological polar surface area (TPSA) is 55.9 Å². The number of aromatic nitrogens is 2. The number of nitrogens with zero attached hydrogens (tertiary/aromatic N) is 2. The Bertz CT molecular complexity index is 345. The molecule has 0 fully saturated rings. The van der Waals surface area contributed by atoms with Crippen molar-refractivity contribution in [3.8, 4) is 0 Å². The SMILES string of the molecule is CCCC(C)c1cc2n(n1)C(CN)CCN2. The first-order chi connectivity index (χ1) is 7.76. The van der Waals surface area contributed by atoms with Gasteiger partial charge in [0, 0.05) is 25.1 Å². The van der Waals surface area contributed by atoms with Crippen LogP contribution in [0.3, 0.4) is 0 Å². The van der Waals surface area contributed by atoms with Gasteiger partial charge in [0.25, 0.3) is 0 Å². The molecule has 2 rings (SSSR count). The van der Waals surface area contributed by atoms with E-state index in [1.165, 1.54) is 18.5 Å². The van der Waals surface area contributed by atoms with Gasteiger partial charge in [-0.3, -0.25) is 0 Å². The molecule has 1 aromatic rings. The maximum absolute atomic E-state index is 5.77. The predicted molar refractivity (Wildman–Crippen MR) is 66.7 cm³/mol. The van der Waals surface area contributed by atoms with Crippen LogP contribution in [-0.4, -0.2) is 22.9 Å². The lowest BCUT2D eigenvalue weighted by Gasteiger charge is -2.24. The number of fused-ring (bicyclic) bond motifs is 1. The third-order valence-corrected chi connectivity index (χ3v) is 3.38. The van der Waals surface area contributed by atoms with E-state index in [0.717, 1.165) is 18.8 Å². The van der Waals surface area contributed by atoms with Crippen LogP contribution in [0.5, 0.6) is 0 Å². The van der Waals surface area contributed by atoms with Gasteiger partial charge in [-0.05, 0) is 12.8 Å². The van der Waals surface area contributed by atoms with Crippen molar-refractivity contribution in [3.63, 3.8) is 0 Å². The van der Waals surface area contributed by atoms with Gasteiger partial charge in [0.15, 0.2) is 0 Å². The molecule has 3 N–H and O–H groups in total. The third kappa shape index (κ3) is 2.07. The van der Waals surface area contributed by atoms with E-state index < -0.39 is 0 Å². The van der Waals surface area contributed by atoms with Crippen LogP contribution in [-0.2, 0) is 0 Å². The highest BCUT2D eigenvalue weighted by atomic mass is 15.4. The molecule has 4 nitrogen and oxygen atoms in total. The van der Waals surface area contributed by atoms with E-state index in [9.17, 15) is 0 Å². The standard InChI is InChI=1S/C12H22N4/c1-3-4-9(2)11-7-12-14-6-5-10(8-13)16(12)15-11/h7,9-10,14H,3-6,8,13H2,1-2H3. The number of anilines is 1. The van der Waals surface area contributed by atoms with Crippen LogP contribution in [0.2, 0.25) is 0 Å². The summed E-state index contributed by atoms with van der Waals surface area (Å²) >= 11 is 0. The quantitative estimate of drug-likeness (QED) is 0.820. The Labute approximate surface area is 97.2 Å². The lowest BCUT2D eigenvalue weighted by Crippen LogP contribution is -2.28. The molecule has 0 radical (unpaired) electrons. The summed E-state index contributed by atoms with van der Waals surface area (Å²) in [6.07, 6.45) is 3.48. The number of hydrogen-bond donors (Lipinski definition) is 2. The average molecular weight is 222 g/mol. The lowest BCUT2D eigenvalue weighted by atomic mass is 10.0. The van der Waals surface area contributed by atoms with E-state index in [2.05, 4.69) is 29.9 Å². The fourth-order valence-corrected chi connectivity index (χ4v) is 2.35. The molecule has 0 bridgehead atoms. The van der Waals surface area contributed by atoms with Crippen molar-refractivity contribution >= 4 is 5.82 Å². The van der Waals surface area contributed by atoms with Gasteiger partial charge < -0.3 is 11.1 Å². The van der Waals surface area contributed by atoms with E-state index in [4.69, 9.17) is 10.8 Å². The van der Waals surface area contributed by atoms with Gasteiger partial charge >= 0.3 is 0 Å². The van der Waals surface area contributed by atoms with Gasteiger partial charge in [0.2, 0.25) is 0 Å². The fourth-order valence-electron chi connectivity index (χ4n) is 2.35. The summed E-state index contributed by atoms with van der Waals surface area (Å²) in [4.78, 5) is 0. The highest BCUT2D eigenvalue weighted by Gasteiger charge is 2.21. The molecule has 2 unspecified atom stereocenters. The average Bonchev–Trinajstić information content (AvgIpc) is 2.72. The summed E-state index contributed by atoms with van der Waals surface area (Å²) in [5.41, 5.74) is 6.97. The van der Waals surface area contributed by atoms with E-state index in [-0.39, 0.29) is 0 Å². The van der Waals surface area contributed by atoms with E-state index in [1.807, 2.05) is 0 Å². The molecular formula is C12H22N4. The molecule has 2 heterocycles. The van der Waals surface area contributed by atoms with E-state index in [0.29, 0.717) is 18.5 Å². The molecule has 0 saturated carbocycles. The van der Waals surface area contributed by atoms with Crippen LogP contribution in [0.1, 0.15) is 50.8 Å². The molecule has 16 heavy (non-hydrogen) atoms. The van der Waals surface area contributed by atoms with Crippen LogP contribution in [0.15, 0.2) is 6.07 Å². The fraction of sp³-hybridized carbons (Fsp3) is 0.750. The Hall–Kier alpha value is -1.03. The Morgan fingerprint density at radius 1 is 1.69 bits per heavy atom. The Kier molecular flexibility index (Phi) is 3.49. The molecule has 0 saturated heterocycles. The summed E-state index contributed by atoms with van der Waals surface area (Å²) in [6.45, 7) is 6.15. The minimum atomic E-state index is 0.374. The molecule has 1 aromatic heterocycles. The van der Waals surface area contributed by atoms with Crippen molar-refractivity contribution in [2.75, 3.05) is 18.4 Å². The molecule has 90 valence electrons. The maximum Gasteiger partial charge on any atom is 0.124 e. The molecular weight excluding hydrogens is 200 g/mol. The van der Waals surface area contributed by atoms with Crippen molar-refractivity contribution in [1.29, 1.82) is 0 Å². The predicted octanol–water partition coefficient (Wildman–Crippen LogP) is 2.10. The summed E-state index contributed by atoms with van der Waals surface area (Å²) in [5.74, 6) is 1.68. The lowest BCUT2D eigenvalue weighted by molar-refractivity contribution is 0.422. The second kappa shape index (κ2) is 4.87. The Morgan fingerprint density at radius 3 is 3.19 bits per heavy atom. The van der Waals surface area contributed by atoms with Gasteiger partial charge in [-0.1, -0.05) is 20.3 Å². The summed E-state index contributed by atoms with van der Waals surface area (Å²) < 4.78 is 2.07. The minimum Gasteiger partial charge on any atom is -0.370 e. The van der Waals surface area contributed by atoms with Crippen LogP contribution < -0.4 is 11.1 Å². The van der Waals surface area contributed by atoms with Gasteiger partial charge in [-0.15, -0.1) is 0 Å². The van der Waals surface area contributed by atoms with Crippen molar-refractivity contribution in [1.82, 2.24) is 9.78 Å². The Balaban J connectivity index is 2.21. The highest BCUT2D eigenvalue weighted by Crippen LogP contribution is 2.28. The molecule has 4 heteroatoms. The molecule has 0 spiro atoms. The van der Waals surface area contributed by atoms with Gasteiger partial charge in [0.05, 0.1) is 11.7 Å². The van der Waals surface area contributed by atoms with Gasteiger partial charge in [-0.25, -0.2) is 4.68 Å². The number of hydrogen-bond acceptors (Lipinski definition) is 3. The van der Waals surface area contributed by atoms with Crippen molar-refractivity contribution in [2.24, 2.45) is 5.73 Å². The Morgan fingerprint density at radius 2 is 2.50 bits per heavy atom. The van der Waals surface area contributed by atoms with Crippen LogP contribution >= 0.6 is 0 Å². The normalized spacial score (nSPS) is 21.3. The largest absolute Gasteiger partial charge is 0.370 e. The van der Waals surface area contributed by atoms with Crippen LogP contribution in [0, 0.1) is 0 Å². The van der Waals surface area contributed by atoms with Crippen molar-refractivity contribution < 1.29 is 0 Å². The van der Waals surface area contributed by atoms with Crippen LogP contribution in [0.25, 0.3) is 0 Å². The zero-order valence-electron chi connectivity index (χ0n) is 10.2. The van der Waals surface area contributed by atoms with Gasteiger partial charge in [-0.2, -0.15) is 5.10 Å². The first-order valence-electron chi connectivity index (χ1n) is 6.29. The molecule has 0 amide bonds. The van der Waals surface area contributed by atoms with Gasteiger partial charge in [0.1, 0.15) is 5.82 Å². The zero-order valence-corrected chi connectivity index (χ0v) is 10.2. The minimum absolute atomic E-state index is 0.374. The highest BCUT2D eigenvalue weighted by molar-refractivity contribution is 5.40. The first kappa shape index (κ1) is 11.5. The maximum atomic E-state index is 5.77. The van der Waals surface area contributed by atoms with E-state index >= 15 is 0 Å². The van der Waals surface area contributed by atoms with E-state index in [1.54, 1.807) is 0 Å². The second-order valence-corrected chi connectivity index (χ2v) is 4.69. The van der Waals surface area contributed by atoms with Crippen molar-refractivity contribution in [3.05, 3.63) is 11.8 Å². The number of nitrogens with one attached hydrogen (secondary N) is 1. The smallest absolute Gasteiger partial charge is 0.124 e. The summed E-state index contributed by atoms with van der Waals surface area (Å²) in [5, 5.41) is 8.08. The molecule has 0 aromatic carbocycles. The molecule has 0 aliphatic carbocycles. The molecule has 1 aliphatic heterocycles. The number of nitrogens with two attached hydrogens (primary N) is 1. The summed E-state index contributed by atoms with van der Waals surface area (Å²) in [6, 6.07) is 2.56. The third-order valence-electron chi connectivity index (χ3n) is 3.38.